The molecule has 0 heterocycles. The van der Waals surface area contributed by atoms with Crippen LogP contribution in [0.15, 0.2) is 48.5 Å². The van der Waals surface area contributed by atoms with Gasteiger partial charge in [0.1, 0.15) is 11.5 Å². The lowest BCUT2D eigenvalue weighted by Crippen LogP contribution is -2.35. The van der Waals surface area contributed by atoms with Crippen molar-refractivity contribution < 1.29 is 14.3 Å². The molecule has 0 saturated carbocycles. The van der Waals surface area contributed by atoms with E-state index < -0.39 is 0 Å². The quantitative estimate of drug-likeness (QED) is 0.432. The van der Waals surface area contributed by atoms with E-state index in [2.05, 4.69) is 12.1 Å². The smallest absolute Gasteiger partial charge is 0.223 e. The summed E-state index contributed by atoms with van der Waals surface area (Å²) < 4.78 is 10.5. The van der Waals surface area contributed by atoms with Gasteiger partial charge in [-0.3, -0.25) is 4.79 Å². The first-order valence-electron chi connectivity index (χ1n) is 9.77. The summed E-state index contributed by atoms with van der Waals surface area (Å²) in [5.74, 6) is 2.64. The molecule has 0 aliphatic rings. The van der Waals surface area contributed by atoms with Crippen molar-refractivity contribution in [2.45, 2.75) is 25.2 Å². The highest BCUT2D eigenvalue weighted by Gasteiger charge is 2.20. The standard InChI is InChI=1S/C23H29Cl2NO3/c1-28-21-9-4-18(5-10-21)3-6-20(19-7-11-22(29-2)12-8-19)17-23(27)26(15-13-24)16-14-25/h4-5,7-12,20H,3,6,13-17H2,1-2H3. The van der Waals surface area contributed by atoms with Gasteiger partial charge in [-0.25, -0.2) is 0 Å². The van der Waals surface area contributed by atoms with E-state index in [1.807, 2.05) is 36.4 Å². The lowest BCUT2D eigenvalue weighted by Gasteiger charge is -2.24. The molecule has 0 radical (unpaired) electrons. The van der Waals surface area contributed by atoms with Crippen LogP contribution in [0.25, 0.3) is 0 Å². The Labute approximate surface area is 183 Å². The first kappa shape index (κ1) is 23.4. The van der Waals surface area contributed by atoms with Gasteiger partial charge < -0.3 is 14.4 Å². The molecule has 4 nitrogen and oxygen atoms in total. The summed E-state index contributed by atoms with van der Waals surface area (Å²) in [5.41, 5.74) is 2.35. The largest absolute Gasteiger partial charge is 0.497 e. The van der Waals surface area contributed by atoms with Gasteiger partial charge in [-0.2, -0.15) is 0 Å². The predicted molar refractivity (Wildman–Crippen MR) is 120 cm³/mol. The molecular formula is C23H29Cl2NO3. The molecule has 0 aliphatic carbocycles. The van der Waals surface area contributed by atoms with E-state index in [0.29, 0.717) is 31.3 Å². The number of amides is 1. The van der Waals surface area contributed by atoms with Gasteiger partial charge in [0.15, 0.2) is 0 Å². The van der Waals surface area contributed by atoms with Crippen molar-refractivity contribution in [3.8, 4) is 11.5 Å². The fourth-order valence-electron chi connectivity index (χ4n) is 3.30. The highest BCUT2D eigenvalue weighted by atomic mass is 35.5. The summed E-state index contributed by atoms with van der Waals surface area (Å²) in [4.78, 5) is 14.6. The third-order valence-electron chi connectivity index (χ3n) is 5.01. The molecule has 0 spiro atoms. The molecule has 2 aromatic rings. The van der Waals surface area contributed by atoms with Crippen LogP contribution in [0.4, 0.5) is 0 Å². The molecule has 0 aliphatic heterocycles. The SMILES string of the molecule is COc1ccc(CCC(CC(=O)N(CCCl)CCCl)c2ccc(OC)cc2)cc1. The number of hydrogen-bond acceptors (Lipinski definition) is 3. The molecule has 1 atom stereocenters. The van der Waals surface area contributed by atoms with Gasteiger partial charge in [0.05, 0.1) is 14.2 Å². The minimum absolute atomic E-state index is 0.0850. The fourth-order valence-corrected chi connectivity index (χ4v) is 3.71. The predicted octanol–water partition coefficient (Wildman–Crippen LogP) is 5.12. The van der Waals surface area contributed by atoms with E-state index in [1.54, 1.807) is 19.1 Å². The van der Waals surface area contributed by atoms with Crippen LogP contribution in [0.3, 0.4) is 0 Å². The maximum atomic E-state index is 12.9. The second kappa shape index (κ2) is 12.6. The summed E-state index contributed by atoms with van der Waals surface area (Å²) in [7, 11) is 3.31. The fraction of sp³-hybridized carbons (Fsp3) is 0.435. The Bertz CT molecular complexity index is 729. The number of ether oxygens (including phenoxy) is 2. The Morgan fingerprint density at radius 3 is 1.90 bits per heavy atom. The topological polar surface area (TPSA) is 38.8 Å². The van der Waals surface area contributed by atoms with Crippen LogP contribution >= 0.6 is 23.2 Å². The number of aryl methyl sites for hydroxylation is 1. The molecule has 2 aromatic carbocycles. The Kier molecular flexibility index (Phi) is 10.2. The van der Waals surface area contributed by atoms with E-state index in [-0.39, 0.29) is 11.8 Å². The monoisotopic (exact) mass is 437 g/mol. The zero-order chi connectivity index (χ0) is 21.1. The number of halogens is 2. The molecule has 1 unspecified atom stereocenters. The van der Waals surface area contributed by atoms with Crippen molar-refractivity contribution >= 4 is 29.1 Å². The van der Waals surface area contributed by atoms with Crippen molar-refractivity contribution in [1.82, 2.24) is 4.90 Å². The van der Waals surface area contributed by atoms with Gasteiger partial charge in [-0.1, -0.05) is 24.3 Å². The minimum Gasteiger partial charge on any atom is -0.497 e. The van der Waals surface area contributed by atoms with Crippen molar-refractivity contribution in [3.05, 3.63) is 59.7 Å². The second-order valence-electron chi connectivity index (χ2n) is 6.82. The molecule has 29 heavy (non-hydrogen) atoms. The molecule has 1 amide bonds. The normalized spacial score (nSPS) is 11.7. The van der Waals surface area contributed by atoms with Crippen molar-refractivity contribution in [3.63, 3.8) is 0 Å². The minimum atomic E-state index is 0.0850. The number of carbonyl (C=O) groups excluding carboxylic acids is 1. The maximum absolute atomic E-state index is 12.9. The number of alkyl halides is 2. The Morgan fingerprint density at radius 2 is 1.41 bits per heavy atom. The van der Waals surface area contributed by atoms with Crippen molar-refractivity contribution in [2.75, 3.05) is 39.1 Å². The van der Waals surface area contributed by atoms with Crippen LogP contribution in [0.1, 0.15) is 29.9 Å². The first-order chi connectivity index (χ1) is 14.1. The highest BCUT2D eigenvalue weighted by Crippen LogP contribution is 2.28. The van der Waals surface area contributed by atoms with Gasteiger partial charge in [-0.05, 0) is 54.2 Å². The van der Waals surface area contributed by atoms with Crippen LogP contribution in [-0.2, 0) is 11.2 Å². The zero-order valence-electron chi connectivity index (χ0n) is 17.1. The molecule has 0 aromatic heterocycles. The number of methoxy groups -OCH3 is 2. The molecule has 0 saturated heterocycles. The van der Waals surface area contributed by atoms with Crippen LogP contribution in [0.2, 0.25) is 0 Å². The number of rotatable bonds is 12. The lowest BCUT2D eigenvalue weighted by atomic mass is 9.89. The number of carbonyl (C=O) groups is 1. The maximum Gasteiger partial charge on any atom is 0.223 e. The molecule has 0 bridgehead atoms. The van der Waals surface area contributed by atoms with Gasteiger partial charge in [0.2, 0.25) is 5.91 Å². The Balaban J connectivity index is 2.13. The average molecular weight is 438 g/mol. The van der Waals surface area contributed by atoms with Gasteiger partial charge in [-0.15, -0.1) is 23.2 Å². The Hall–Kier alpha value is -1.91. The zero-order valence-corrected chi connectivity index (χ0v) is 18.6. The molecule has 0 N–H and O–H groups in total. The molecule has 6 heteroatoms. The molecule has 2 rings (SSSR count). The molecule has 158 valence electrons. The van der Waals surface area contributed by atoms with Crippen LogP contribution in [0, 0.1) is 0 Å². The highest BCUT2D eigenvalue weighted by molar-refractivity contribution is 6.18. The van der Waals surface area contributed by atoms with E-state index in [4.69, 9.17) is 32.7 Å². The number of benzene rings is 2. The first-order valence-corrected chi connectivity index (χ1v) is 10.8. The van der Waals surface area contributed by atoms with Crippen LogP contribution in [0.5, 0.6) is 11.5 Å². The van der Waals surface area contributed by atoms with E-state index >= 15 is 0 Å². The summed E-state index contributed by atoms with van der Waals surface area (Å²) in [5, 5.41) is 0. The summed E-state index contributed by atoms with van der Waals surface area (Å²) in [6.45, 7) is 1.03. The van der Waals surface area contributed by atoms with E-state index in [0.717, 1.165) is 29.9 Å². The lowest BCUT2D eigenvalue weighted by molar-refractivity contribution is -0.131. The van der Waals surface area contributed by atoms with E-state index in [9.17, 15) is 4.79 Å². The third-order valence-corrected chi connectivity index (χ3v) is 5.35. The van der Waals surface area contributed by atoms with Crippen molar-refractivity contribution in [1.29, 1.82) is 0 Å². The summed E-state index contributed by atoms with van der Waals surface area (Å²) in [6, 6.07) is 16.0. The average Bonchev–Trinajstić information content (AvgIpc) is 2.76. The number of nitrogens with zero attached hydrogens (tertiary/aromatic N) is 1. The van der Waals surface area contributed by atoms with Crippen LogP contribution < -0.4 is 9.47 Å². The third kappa shape index (κ3) is 7.45. The molecular weight excluding hydrogens is 409 g/mol. The van der Waals surface area contributed by atoms with E-state index in [1.165, 1.54) is 5.56 Å². The van der Waals surface area contributed by atoms with Crippen molar-refractivity contribution in [2.24, 2.45) is 0 Å². The van der Waals surface area contributed by atoms with Gasteiger partial charge in [0.25, 0.3) is 0 Å². The number of hydrogen-bond donors (Lipinski definition) is 0. The molecule has 0 fully saturated rings. The van der Waals surface area contributed by atoms with Gasteiger partial charge >= 0.3 is 0 Å². The van der Waals surface area contributed by atoms with Gasteiger partial charge in [0, 0.05) is 31.3 Å². The summed E-state index contributed by atoms with van der Waals surface area (Å²) >= 11 is 11.7. The Morgan fingerprint density at radius 1 is 0.897 bits per heavy atom. The van der Waals surface area contributed by atoms with Crippen LogP contribution in [-0.4, -0.2) is 49.9 Å². The second-order valence-corrected chi connectivity index (χ2v) is 7.58. The summed E-state index contributed by atoms with van der Waals surface area (Å²) in [6.07, 6.45) is 2.16.